The second kappa shape index (κ2) is 4.75. The van der Waals surface area contributed by atoms with Crippen LogP contribution in [0.5, 0.6) is 0 Å². The topological polar surface area (TPSA) is 41.6 Å². The summed E-state index contributed by atoms with van der Waals surface area (Å²) in [7, 11) is 0. The number of rotatable bonds is 1. The zero-order valence-electron chi connectivity index (χ0n) is 8.50. The number of hydrogen-bond donors (Lipinski definition) is 1. The van der Waals surface area contributed by atoms with E-state index in [2.05, 4.69) is 10.2 Å². The molecule has 0 bridgehead atoms. The van der Waals surface area contributed by atoms with Gasteiger partial charge in [0, 0.05) is 13.1 Å². The highest BCUT2D eigenvalue weighted by Crippen LogP contribution is 2.13. The third-order valence-electron chi connectivity index (χ3n) is 2.97. The van der Waals surface area contributed by atoms with Gasteiger partial charge in [0.15, 0.2) is 0 Å². The first-order valence-corrected chi connectivity index (χ1v) is 5.49. The number of piperidine rings is 1. The number of carbonyl (C=O) groups is 1. The Morgan fingerprint density at radius 2 is 2.29 bits per heavy atom. The van der Waals surface area contributed by atoms with Crippen LogP contribution in [0.25, 0.3) is 0 Å². The normalized spacial score (nSPS) is 30.9. The number of esters is 1. The number of ether oxygens (including phenoxy) is 1. The highest BCUT2D eigenvalue weighted by Gasteiger charge is 2.23. The molecule has 0 spiro atoms. The summed E-state index contributed by atoms with van der Waals surface area (Å²) in [4.78, 5) is 13.4. The minimum Gasteiger partial charge on any atom is -0.464 e. The van der Waals surface area contributed by atoms with Crippen LogP contribution in [0.2, 0.25) is 0 Å². The molecule has 2 aliphatic rings. The number of cyclic esters (lactones) is 1. The maximum atomic E-state index is 11.0. The van der Waals surface area contributed by atoms with Gasteiger partial charge in [-0.05, 0) is 25.8 Å². The SMILES string of the molecule is O=C1CCN(C2CCCCN2)CCO1. The van der Waals surface area contributed by atoms with Crippen molar-refractivity contribution in [1.29, 1.82) is 0 Å². The van der Waals surface area contributed by atoms with Crippen molar-refractivity contribution in [3.63, 3.8) is 0 Å². The van der Waals surface area contributed by atoms with E-state index >= 15 is 0 Å². The van der Waals surface area contributed by atoms with Crippen LogP contribution in [0, 0.1) is 0 Å². The molecular formula is C10H18N2O2. The Bertz CT molecular complexity index is 202. The summed E-state index contributed by atoms with van der Waals surface area (Å²) in [5, 5.41) is 3.49. The Balaban J connectivity index is 1.86. The van der Waals surface area contributed by atoms with Crippen LogP contribution >= 0.6 is 0 Å². The maximum Gasteiger partial charge on any atom is 0.307 e. The van der Waals surface area contributed by atoms with Gasteiger partial charge >= 0.3 is 5.97 Å². The summed E-state index contributed by atoms with van der Waals surface area (Å²) in [6, 6.07) is 0. The molecule has 4 nitrogen and oxygen atoms in total. The number of nitrogens with zero attached hydrogens (tertiary/aromatic N) is 1. The van der Waals surface area contributed by atoms with Crippen LogP contribution in [-0.4, -0.2) is 43.3 Å². The van der Waals surface area contributed by atoms with E-state index in [4.69, 9.17) is 4.74 Å². The summed E-state index contributed by atoms with van der Waals surface area (Å²) in [6.45, 7) is 3.38. The van der Waals surface area contributed by atoms with Crippen molar-refractivity contribution in [2.75, 3.05) is 26.2 Å². The molecule has 2 heterocycles. The smallest absolute Gasteiger partial charge is 0.307 e. The molecule has 1 atom stereocenters. The fourth-order valence-electron chi connectivity index (χ4n) is 2.15. The van der Waals surface area contributed by atoms with Gasteiger partial charge in [0.25, 0.3) is 0 Å². The van der Waals surface area contributed by atoms with Crippen molar-refractivity contribution in [3.05, 3.63) is 0 Å². The van der Waals surface area contributed by atoms with Crippen molar-refractivity contribution >= 4 is 5.97 Å². The largest absolute Gasteiger partial charge is 0.464 e. The first-order valence-electron chi connectivity index (χ1n) is 5.49. The van der Waals surface area contributed by atoms with Crippen molar-refractivity contribution in [2.24, 2.45) is 0 Å². The molecule has 2 rings (SSSR count). The minimum absolute atomic E-state index is 0.0525. The average molecular weight is 198 g/mol. The molecule has 4 heteroatoms. The van der Waals surface area contributed by atoms with E-state index in [1.807, 2.05) is 0 Å². The second-order valence-corrected chi connectivity index (χ2v) is 3.97. The molecule has 1 N–H and O–H groups in total. The lowest BCUT2D eigenvalue weighted by Gasteiger charge is -2.33. The predicted molar refractivity (Wildman–Crippen MR) is 52.8 cm³/mol. The molecule has 0 amide bonds. The van der Waals surface area contributed by atoms with E-state index in [0.29, 0.717) is 19.2 Å². The van der Waals surface area contributed by atoms with Crippen LogP contribution in [0.3, 0.4) is 0 Å². The minimum atomic E-state index is -0.0525. The molecule has 0 radical (unpaired) electrons. The van der Waals surface area contributed by atoms with Gasteiger partial charge in [-0.2, -0.15) is 0 Å². The van der Waals surface area contributed by atoms with E-state index in [1.54, 1.807) is 0 Å². The van der Waals surface area contributed by atoms with Gasteiger partial charge < -0.3 is 10.1 Å². The number of hydrogen-bond acceptors (Lipinski definition) is 4. The lowest BCUT2D eigenvalue weighted by Crippen LogP contribution is -2.49. The van der Waals surface area contributed by atoms with Gasteiger partial charge in [0.2, 0.25) is 0 Å². The number of carbonyl (C=O) groups excluding carboxylic acids is 1. The molecule has 0 aliphatic carbocycles. The van der Waals surface area contributed by atoms with Crippen LogP contribution in [0.4, 0.5) is 0 Å². The van der Waals surface area contributed by atoms with Crippen LogP contribution in [-0.2, 0) is 9.53 Å². The third kappa shape index (κ3) is 2.45. The first-order chi connectivity index (χ1) is 6.86. The van der Waals surface area contributed by atoms with Crippen LogP contribution in [0.1, 0.15) is 25.7 Å². The molecule has 0 aromatic heterocycles. The summed E-state index contributed by atoms with van der Waals surface area (Å²) >= 11 is 0. The molecule has 80 valence electrons. The zero-order chi connectivity index (χ0) is 9.80. The van der Waals surface area contributed by atoms with Gasteiger partial charge in [-0.15, -0.1) is 0 Å². The molecule has 0 saturated carbocycles. The monoisotopic (exact) mass is 198 g/mol. The van der Waals surface area contributed by atoms with E-state index in [0.717, 1.165) is 19.6 Å². The van der Waals surface area contributed by atoms with E-state index < -0.39 is 0 Å². The molecule has 0 aromatic carbocycles. The van der Waals surface area contributed by atoms with Crippen LogP contribution < -0.4 is 5.32 Å². The highest BCUT2D eigenvalue weighted by molar-refractivity contribution is 5.69. The van der Waals surface area contributed by atoms with Crippen molar-refractivity contribution in [2.45, 2.75) is 31.8 Å². The van der Waals surface area contributed by atoms with E-state index in [9.17, 15) is 4.79 Å². The predicted octanol–water partition coefficient (Wildman–Crippen LogP) is 0.335. The molecule has 2 fully saturated rings. The Morgan fingerprint density at radius 1 is 1.36 bits per heavy atom. The van der Waals surface area contributed by atoms with Crippen LogP contribution in [0.15, 0.2) is 0 Å². The zero-order valence-corrected chi connectivity index (χ0v) is 8.50. The molecule has 2 aliphatic heterocycles. The Kier molecular flexibility index (Phi) is 3.37. The molecule has 2 saturated heterocycles. The van der Waals surface area contributed by atoms with Crippen molar-refractivity contribution in [1.82, 2.24) is 10.2 Å². The third-order valence-corrected chi connectivity index (χ3v) is 2.97. The van der Waals surface area contributed by atoms with Gasteiger partial charge in [0.1, 0.15) is 6.61 Å². The lowest BCUT2D eigenvalue weighted by molar-refractivity contribution is -0.142. The Hall–Kier alpha value is -0.610. The van der Waals surface area contributed by atoms with E-state index in [1.165, 1.54) is 19.3 Å². The fourth-order valence-corrected chi connectivity index (χ4v) is 2.15. The van der Waals surface area contributed by atoms with Gasteiger partial charge in [-0.1, -0.05) is 0 Å². The molecule has 14 heavy (non-hydrogen) atoms. The Morgan fingerprint density at radius 3 is 3.07 bits per heavy atom. The molecular weight excluding hydrogens is 180 g/mol. The lowest BCUT2D eigenvalue weighted by atomic mass is 10.1. The number of nitrogens with one attached hydrogen (secondary N) is 1. The summed E-state index contributed by atoms with van der Waals surface area (Å²) < 4.78 is 5.02. The summed E-state index contributed by atoms with van der Waals surface area (Å²) in [6.07, 6.45) is 4.79. The van der Waals surface area contributed by atoms with Gasteiger partial charge in [0.05, 0.1) is 12.6 Å². The first kappa shape index (κ1) is 9.93. The summed E-state index contributed by atoms with van der Waals surface area (Å²) in [5.41, 5.74) is 0. The Labute approximate surface area is 84.6 Å². The van der Waals surface area contributed by atoms with Crippen molar-refractivity contribution in [3.8, 4) is 0 Å². The van der Waals surface area contributed by atoms with Gasteiger partial charge in [-0.3, -0.25) is 9.69 Å². The highest BCUT2D eigenvalue weighted by atomic mass is 16.5. The molecule has 1 unspecified atom stereocenters. The standard InChI is InChI=1S/C10H18N2O2/c13-10-4-6-12(7-8-14-10)9-3-1-2-5-11-9/h9,11H,1-8H2. The molecule has 0 aromatic rings. The van der Waals surface area contributed by atoms with Gasteiger partial charge in [-0.25, -0.2) is 0 Å². The fraction of sp³-hybridized carbons (Fsp3) is 0.900. The second-order valence-electron chi connectivity index (χ2n) is 3.97. The maximum absolute atomic E-state index is 11.0. The van der Waals surface area contributed by atoms with E-state index in [-0.39, 0.29) is 5.97 Å². The summed E-state index contributed by atoms with van der Waals surface area (Å²) in [5.74, 6) is -0.0525. The average Bonchev–Trinajstić information content (AvgIpc) is 2.44. The van der Waals surface area contributed by atoms with Crippen molar-refractivity contribution < 1.29 is 9.53 Å². The quantitative estimate of drug-likeness (QED) is 0.617.